The maximum Gasteiger partial charge on any atom is 0.260 e. The van der Waals surface area contributed by atoms with E-state index in [9.17, 15) is 4.79 Å². The van der Waals surface area contributed by atoms with E-state index in [1.807, 2.05) is 61.5 Å². The Morgan fingerprint density at radius 3 is 2.71 bits per heavy atom. The highest BCUT2D eigenvalue weighted by Gasteiger charge is 2.21. The molecule has 2 aromatic carbocycles. The van der Waals surface area contributed by atoms with Gasteiger partial charge in [-0.15, -0.1) is 6.58 Å². The van der Waals surface area contributed by atoms with Crippen LogP contribution in [0.15, 0.2) is 65.6 Å². The summed E-state index contributed by atoms with van der Waals surface area (Å²) in [6.45, 7) is 5.58. The van der Waals surface area contributed by atoms with Crippen LogP contribution in [0.3, 0.4) is 0 Å². The first kappa shape index (κ1) is 19.5. The molecule has 0 aliphatic heterocycles. The zero-order valence-corrected chi connectivity index (χ0v) is 16.5. The third kappa shape index (κ3) is 4.19. The van der Waals surface area contributed by atoms with Crippen molar-refractivity contribution in [3.8, 4) is 11.5 Å². The van der Waals surface area contributed by atoms with Gasteiger partial charge in [0, 0.05) is 12.4 Å². The number of nitrogens with zero attached hydrogens (tertiary/aromatic N) is 1. The molecule has 0 spiro atoms. The Kier molecular flexibility index (Phi) is 6.04. The lowest BCUT2D eigenvalue weighted by atomic mass is 10.1. The summed E-state index contributed by atoms with van der Waals surface area (Å²) in [7, 11) is 3.32. The van der Waals surface area contributed by atoms with Gasteiger partial charge in [0.25, 0.3) is 5.91 Å². The van der Waals surface area contributed by atoms with Gasteiger partial charge in [0.2, 0.25) is 0 Å². The average Bonchev–Trinajstić information content (AvgIpc) is 3.15. The lowest BCUT2D eigenvalue weighted by molar-refractivity contribution is -0.134. The summed E-state index contributed by atoms with van der Waals surface area (Å²) < 4.78 is 17.0. The van der Waals surface area contributed by atoms with E-state index in [-0.39, 0.29) is 18.6 Å². The molecule has 0 aliphatic rings. The molecule has 0 N–H and O–H groups in total. The highest BCUT2D eigenvalue weighted by atomic mass is 16.5. The van der Waals surface area contributed by atoms with Crippen molar-refractivity contribution in [3.05, 3.63) is 72.5 Å². The Morgan fingerprint density at radius 1 is 1.21 bits per heavy atom. The minimum absolute atomic E-state index is 0.0851. The van der Waals surface area contributed by atoms with Crippen LogP contribution >= 0.6 is 0 Å². The Bertz CT molecular complexity index is 943. The molecular weight excluding hydrogens is 354 g/mol. The van der Waals surface area contributed by atoms with Gasteiger partial charge in [-0.1, -0.05) is 30.3 Å². The number of carbonyl (C=O) groups excluding carboxylic acids is 1. The highest BCUT2D eigenvalue weighted by Crippen LogP contribution is 2.29. The summed E-state index contributed by atoms with van der Waals surface area (Å²) in [5.41, 5.74) is 1.88. The van der Waals surface area contributed by atoms with E-state index in [0.29, 0.717) is 11.5 Å². The standard InChI is InChI=1S/C23H25NO4/c1-5-8-17-11-12-20(22(13-17)26-4)27-15-23(25)24(3)16(2)21-14-18-9-6-7-10-19(18)28-21/h5-7,9-14,16H,1,8,15H2,2-4H3. The Labute approximate surface area is 165 Å². The van der Waals surface area contributed by atoms with Gasteiger partial charge in [-0.25, -0.2) is 0 Å². The van der Waals surface area contributed by atoms with Crippen molar-refractivity contribution < 1.29 is 18.7 Å². The second-order valence-corrected chi connectivity index (χ2v) is 6.63. The second kappa shape index (κ2) is 8.65. The van der Waals surface area contributed by atoms with Crippen LogP contribution < -0.4 is 9.47 Å². The van der Waals surface area contributed by atoms with Gasteiger partial charge in [0.1, 0.15) is 11.3 Å². The number of benzene rings is 2. The number of hydrogen-bond acceptors (Lipinski definition) is 4. The number of ether oxygens (including phenoxy) is 2. The largest absolute Gasteiger partial charge is 0.493 e. The van der Waals surface area contributed by atoms with Crippen molar-refractivity contribution in [3.63, 3.8) is 0 Å². The summed E-state index contributed by atoms with van der Waals surface area (Å²) in [4.78, 5) is 14.2. The SMILES string of the molecule is C=CCc1ccc(OCC(=O)N(C)C(C)c2cc3ccccc3o2)c(OC)c1. The second-order valence-electron chi connectivity index (χ2n) is 6.63. The van der Waals surface area contributed by atoms with Crippen molar-refractivity contribution >= 4 is 16.9 Å². The van der Waals surface area contributed by atoms with Gasteiger partial charge in [-0.2, -0.15) is 0 Å². The fourth-order valence-electron chi connectivity index (χ4n) is 2.98. The molecule has 0 bridgehead atoms. The smallest absolute Gasteiger partial charge is 0.260 e. The van der Waals surface area contributed by atoms with Crippen LogP contribution in [0.4, 0.5) is 0 Å². The first-order valence-corrected chi connectivity index (χ1v) is 9.18. The van der Waals surface area contributed by atoms with E-state index in [4.69, 9.17) is 13.9 Å². The maximum absolute atomic E-state index is 12.6. The van der Waals surface area contributed by atoms with Gasteiger partial charge in [-0.05, 0) is 43.2 Å². The lowest BCUT2D eigenvalue weighted by Crippen LogP contribution is -2.33. The number of carbonyl (C=O) groups is 1. The van der Waals surface area contributed by atoms with E-state index in [1.165, 1.54) is 0 Å². The van der Waals surface area contributed by atoms with E-state index in [1.54, 1.807) is 19.1 Å². The van der Waals surface area contributed by atoms with Gasteiger partial charge in [-0.3, -0.25) is 4.79 Å². The van der Waals surface area contributed by atoms with E-state index < -0.39 is 0 Å². The number of fused-ring (bicyclic) bond motifs is 1. The van der Waals surface area contributed by atoms with Crippen LogP contribution in [0.1, 0.15) is 24.3 Å². The predicted octanol–water partition coefficient (Wildman–Crippen LogP) is 4.77. The Hall–Kier alpha value is -3.21. The van der Waals surface area contributed by atoms with Crippen LogP contribution in [0.25, 0.3) is 11.0 Å². The van der Waals surface area contributed by atoms with Crippen LogP contribution in [0.2, 0.25) is 0 Å². The number of likely N-dealkylation sites (N-methyl/N-ethyl adjacent to an activating group) is 1. The first-order valence-electron chi connectivity index (χ1n) is 9.18. The van der Waals surface area contributed by atoms with E-state index in [2.05, 4.69) is 6.58 Å². The molecule has 1 atom stereocenters. The zero-order valence-electron chi connectivity index (χ0n) is 16.5. The third-order valence-electron chi connectivity index (χ3n) is 4.79. The monoisotopic (exact) mass is 379 g/mol. The van der Waals surface area contributed by atoms with Crippen LogP contribution in [0.5, 0.6) is 11.5 Å². The molecule has 3 aromatic rings. The molecule has 28 heavy (non-hydrogen) atoms. The predicted molar refractivity (Wildman–Crippen MR) is 110 cm³/mol. The molecule has 5 heteroatoms. The lowest BCUT2D eigenvalue weighted by Gasteiger charge is -2.23. The Balaban J connectivity index is 1.66. The molecular formula is C23H25NO4. The molecule has 0 radical (unpaired) electrons. The number of allylic oxidation sites excluding steroid dienone is 1. The fraction of sp³-hybridized carbons (Fsp3) is 0.261. The molecule has 1 unspecified atom stereocenters. The van der Waals surface area contributed by atoms with Crippen LogP contribution in [0, 0.1) is 0 Å². The summed E-state index contributed by atoms with van der Waals surface area (Å²) in [6.07, 6.45) is 2.57. The van der Waals surface area contributed by atoms with Crippen molar-refractivity contribution in [1.29, 1.82) is 0 Å². The average molecular weight is 379 g/mol. The van der Waals surface area contributed by atoms with Gasteiger partial charge < -0.3 is 18.8 Å². The van der Waals surface area contributed by atoms with Crippen LogP contribution in [-0.2, 0) is 11.2 Å². The first-order chi connectivity index (χ1) is 13.5. The Morgan fingerprint density at radius 2 is 2.00 bits per heavy atom. The summed E-state index contributed by atoms with van der Waals surface area (Å²) in [5.74, 6) is 1.72. The summed E-state index contributed by atoms with van der Waals surface area (Å²) in [6, 6.07) is 15.2. The van der Waals surface area contributed by atoms with Crippen molar-refractivity contribution in [2.75, 3.05) is 20.8 Å². The molecule has 146 valence electrons. The van der Waals surface area contributed by atoms with E-state index in [0.717, 1.165) is 28.7 Å². The number of furan rings is 1. The third-order valence-corrected chi connectivity index (χ3v) is 4.79. The van der Waals surface area contributed by atoms with Gasteiger partial charge in [0.05, 0.1) is 13.2 Å². The molecule has 3 rings (SSSR count). The van der Waals surface area contributed by atoms with Crippen molar-refractivity contribution in [1.82, 2.24) is 4.90 Å². The van der Waals surface area contributed by atoms with Crippen molar-refractivity contribution in [2.24, 2.45) is 0 Å². The molecule has 0 saturated heterocycles. The number of rotatable bonds is 8. The zero-order chi connectivity index (χ0) is 20.1. The minimum Gasteiger partial charge on any atom is -0.493 e. The molecule has 0 fully saturated rings. The topological polar surface area (TPSA) is 51.9 Å². The quantitative estimate of drug-likeness (QED) is 0.529. The summed E-state index contributed by atoms with van der Waals surface area (Å²) >= 11 is 0. The molecule has 5 nitrogen and oxygen atoms in total. The molecule has 1 heterocycles. The number of hydrogen-bond donors (Lipinski definition) is 0. The molecule has 1 amide bonds. The van der Waals surface area contributed by atoms with Gasteiger partial charge in [0.15, 0.2) is 18.1 Å². The number of para-hydroxylation sites is 1. The highest BCUT2D eigenvalue weighted by molar-refractivity contribution is 5.80. The van der Waals surface area contributed by atoms with Crippen LogP contribution in [-0.4, -0.2) is 31.6 Å². The minimum atomic E-state index is -0.208. The number of amides is 1. The maximum atomic E-state index is 12.6. The molecule has 0 aliphatic carbocycles. The summed E-state index contributed by atoms with van der Waals surface area (Å²) in [5, 5.41) is 1.02. The van der Waals surface area contributed by atoms with Crippen molar-refractivity contribution in [2.45, 2.75) is 19.4 Å². The molecule has 0 saturated carbocycles. The van der Waals surface area contributed by atoms with Gasteiger partial charge >= 0.3 is 0 Å². The van der Waals surface area contributed by atoms with E-state index >= 15 is 0 Å². The number of methoxy groups -OCH3 is 1. The fourth-order valence-corrected chi connectivity index (χ4v) is 2.98. The molecule has 1 aromatic heterocycles. The normalized spacial score (nSPS) is 11.8.